The predicted molar refractivity (Wildman–Crippen MR) is 102 cm³/mol. The molecule has 0 radical (unpaired) electrons. The molecule has 140 valence electrons. The van der Waals surface area contributed by atoms with Crippen molar-refractivity contribution in [3.05, 3.63) is 70.7 Å². The Labute approximate surface area is 158 Å². The maximum atomic E-state index is 13.9. The zero-order valence-electron chi connectivity index (χ0n) is 14.9. The molecule has 5 rings (SSSR count). The first-order chi connectivity index (χ1) is 13.6. The molecular weight excluding hydrogens is 361 g/mol. The van der Waals surface area contributed by atoms with Crippen LogP contribution in [0.25, 0.3) is 16.6 Å². The van der Waals surface area contributed by atoms with Gasteiger partial charge in [-0.25, -0.2) is 8.91 Å². The zero-order valence-corrected chi connectivity index (χ0v) is 14.9. The first kappa shape index (κ1) is 16.6. The highest BCUT2D eigenvalue weighted by molar-refractivity contribution is 5.95. The van der Waals surface area contributed by atoms with Crippen LogP contribution in [0.5, 0.6) is 0 Å². The summed E-state index contributed by atoms with van der Waals surface area (Å²) in [5, 5.41) is 4.16. The summed E-state index contributed by atoms with van der Waals surface area (Å²) in [5.74, 6) is -0.519. The van der Waals surface area contributed by atoms with Gasteiger partial charge in [-0.05, 0) is 42.3 Å². The van der Waals surface area contributed by atoms with Gasteiger partial charge in [0.2, 0.25) is 5.91 Å². The van der Waals surface area contributed by atoms with Crippen molar-refractivity contribution in [2.45, 2.75) is 19.4 Å². The van der Waals surface area contributed by atoms with E-state index in [2.05, 4.69) is 10.1 Å². The van der Waals surface area contributed by atoms with Gasteiger partial charge in [-0.3, -0.25) is 14.6 Å². The molecule has 0 fully saturated rings. The van der Waals surface area contributed by atoms with E-state index in [1.807, 2.05) is 6.07 Å². The van der Waals surface area contributed by atoms with E-state index in [1.54, 1.807) is 29.4 Å². The molecular formula is C20H16FN5O2. The number of halogens is 1. The van der Waals surface area contributed by atoms with Gasteiger partial charge < -0.3 is 9.47 Å². The van der Waals surface area contributed by atoms with Crippen LogP contribution in [-0.4, -0.2) is 31.6 Å². The summed E-state index contributed by atoms with van der Waals surface area (Å²) in [5.41, 5.74) is 3.04. The predicted octanol–water partition coefficient (Wildman–Crippen LogP) is 2.16. The van der Waals surface area contributed by atoms with Gasteiger partial charge in [0.15, 0.2) is 0 Å². The lowest BCUT2D eigenvalue weighted by atomic mass is 10.2. The molecule has 4 heterocycles. The Morgan fingerprint density at radius 3 is 2.89 bits per heavy atom. The summed E-state index contributed by atoms with van der Waals surface area (Å²) in [6, 6.07) is 7.67. The van der Waals surface area contributed by atoms with E-state index in [9.17, 15) is 14.0 Å². The molecule has 28 heavy (non-hydrogen) atoms. The molecule has 0 saturated heterocycles. The lowest BCUT2D eigenvalue weighted by Gasteiger charge is -2.18. The summed E-state index contributed by atoms with van der Waals surface area (Å²) in [6.45, 7) is 0.766. The SMILES string of the molecule is O=C(CCn1c(=O)c2ccnn2c2ccc(F)cc21)N1CCc2cnccc21. The van der Waals surface area contributed by atoms with Crippen LogP contribution in [0.1, 0.15) is 12.0 Å². The number of fused-ring (bicyclic) bond motifs is 4. The Morgan fingerprint density at radius 1 is 1.11 bits per heavy atom. The lowest BCUT2D eigenvalue weighted by molar-refractivity contribution is -0.118. The smallest absolute Gasteiger partial charge is 0.277 e. The number of carbonyl (C=O) groups excluding carboxylic acids is 1. The average molecular weight is 377 g/mol. The van der Waals surface area contributed by atoms with Crippen molar-refractivity contribution in [2.75, 3.05) is 11.4 Å². The molecule has 8 heteroatoms. The first-order valence-corrected chi connectivity index (χ1v) is 9.02. The van der Waals surface area contributed by atoms with Crippen molar-refractivity contribution in [3.8, 4) is 0 Å². The largest absolute Gasteiger partial charge is 0.312 e. The summed E-state index contributed by atoms with van der Waals surface area (Å²) in [4.78, 5) is 31.5. The number of amides is 1. The van der Waals surface area contributed by atoms with Gasteiger partial charge in [-0.1, -0.05) is 0 Å². The molecule has 0 spiro atoms. The molecule has 0 N–H and O–H groups in total. The van der Waals surface area contributed by atoms with Crippen LogP contribution in [0, 0.1) is 5.82 Å². The van der Waals surface area contributed by atoms with E-state index in [1.165, 1.54) is 27.4 Å². The number of rotatable bonds is 3. The van der Waals surface area contributed by atoms with Crippen LogP contribution in [0.15, 0.2) is 53.7 Å². The highest BCUT2D eigenvalue weighted by atomic mass is 19.1. The fraction of sp³-hybridized carbons (Fsp3) is 0.200. The van der Waals surface area contributed by atoms with Gasteiger partial charge >= 0.3 is 0 Å². The van der Waals surface area contributed by atoms with Crippen molar-refractivity contribution in [1.82, 2.24) is 19.2 Å². The molecule has 0 aliphatic carbocycles. The van der Waals surface area contributed by atoms with Gasteiger partial charge in [0.05, 0.1) is 17.2 Å². The van der Waals surface area contributed by atoms with E-state index in [0.29, 0.717) is 23.1 Å². The van der Waals surface area contributed by atoms with Crippen molar-refractivity contribution >= 4 is 28.1 Å². The van der Waals surface area contributed by atoms with Crippen molar-refractivity contribution < 1.29 is 9.18 Å². The second-order valence-electron chi connectivity index (χ2n) is 6.77. The van der Waals surface area contributed by atoms with Crippen LogP contribution < -0.4 is 10.5 Å². The Bertz CT molecular complexity index is 1290. The van der Waals surface area contributed by atoms with Gasteiger partial charge in [0, 0.05) is 37.6 Å². The lowest BCUT2D eigenvalue weighted by Crippen LogP contribution is -2.31. The van der Waals surface area contributed by atoms with E-state index < -0.39 is 5.82 Å². The zero-order chi connectivity index (χ0) is 19.3. The number of carbonyl (C=O) groups is 1. The normalized spacial score (nSPS) is 13.4. The van der Waals surface area contributed by atoms with Gasteiger partial charge in [-0.2, -0.15) is 5.10 Å². The summed E-state index contributed by atoms with van der Waals surface area (Å²) in [7, 11) is 0. The van der Waals surface area contributed by atoms with Crippen LogP contribution in [0.2, 0.25) is 0 Å². The van der Waals surface area contributed by atoms with E-state index >= 15 is 0 Å². The molecule has 1 amide bonds. The number of aromatic nitrogens is 4. The van der Waals surface area contributed by atoms with E-state index in [0.717, 1.165) is 17.7 Å². The topological polar surface area (TPSA) is 72.5 Å². The van der Waals surface area contributed by atoms with Gasteiger partial charge in [0.25, 0.3) is 5.56 Å². The number of hydrogen-bond acceptors (Lipinski definition) is 4. The molecule has 1 aliphatic rings. The summed E-state index contributed by atoms with van der Waals surface area (Å²) in [6.07, 6.45) is 5.88. The summed E-state index contributed by atoms with van der Waals surface area (Å²) >= 11 is 0. The first-order valence-electron chi connectivity index (χ1n) is 9.02. The fourth-order valence-corrected chi connectivity index (χ4v) is 3.85. The standard InChI is InChI=1S/C20H16FN5O2/c21-14-1-2-16-18(11-14)25(20(28)17-4-8-23-26(16)17)10-6-19(27)24-9-5-13-12-22-7-3-15(13)24/h1-4,7-8,11-12H,5-6,9-10H2. The molecule has 3 aromatic heterocycles. The Hall–Kier alpha value is -3.55. The molecule has 1 aromatic carbocycles. The third-order valence-electron chi connectivity index (χ3n) is 5.19. The number of anilines is 1. The van der Waals surface area contributed by atoms with Gasteiger partial charge in [0.1, 0.15) is 11.3 Å². The minimum absolute atomic E-state index is 0.0743. The van der Waals surface area contributed by atoms with Crippen molar-refractivity contribution in [2.24, 2.45) is 0 Å². The molecule has 4 aromatic rings. The number of pyridine rings is 1. The van der Waals surface area contributed by atoms with Gasteiger partial charge in [-0.15, -0.1) is 0 Å². The minimum Gasteiger partial charge on any atom is -0.312 e. The highest BCUT2D eigenvalue weighted by Gasteiger charge is 2.24. The third kappa shape index (κ3) is 2.49. The third-order valence-corrected chi connectivity index (χ3v) is 5.19. The highest BCUT2D eigenvalue weighted by Crippen LogP contribution is 2.27. The van der Waals surface area contributed by atoms with E-state index in [4.69, 9.17) is 0 Å². The molecule has 0 bridgehead atoms. The molecule has 0 atom stereocenters. The molecule has 7 nitrogen and oxygen atoms in total. The van der Waals surface area contributed by atoms with Crippen LogP contribution in [-0.2, 0) is 17.8 Å². The monoisotopic (exact) mass is 377 g/mol. The van der Waals surface area contributed by atoms with Crippen molar-refractivity contribution in [1.29, 1.82) is 0 Å². The van der Waals surface area contributed by atoms with Crippen molar-refractivity contribution in [3.63, 3.8) is 0 Å². The molecule has 1 aliphatic heterocycles. The second-order valence-corrected chi connectivity index (χ2v) is 6.77. The Morgan fingerprint density at radius 2 is 2.00 bits per heavy atom. The van der Waals surface area contributed by atoms with Crippen LogP contribution in [0.4, 0.5) is 10.1 Å². The molecule has 0 unspecified atom stereocenters. The number of nitrogens with zero attached hydrogens (tertiary/aromatic N) is 5. The number of aryl methyl sites for hydroxylation is 1. The van der Waals surface area contributed by atoms with E-state index in [-0.39, 0.29) is 24.4 Å². The Balaban J connectivity index is 1.51. The molecule has 0 saturated carbocycles. The quantitative estimate of drug-likeness (QED) is 0.549. The average Bonchev–Trinajstić information content (AvgIpc) is 3.35. The maximum absolute atomic E-state index is 13.9. The Kier molecular flexibility index (Phi) is 3.71. The second kappa shape index (κ2) is 6.26. The summed E-state index contributed by atoms with van der Waals surface area (Å²) < 4.78 is 16.8. The maximum Gasteiger partial charge on any atom is 0.277 e. The number of benzene rings is 1. The fourth-order valence-electron chi connectivity index (χ4n) is 3.85. The number of hydrogen-bond donors (Lipinski definition) is 0. The van der Waals surface area contributed by atoms with Crippen LogP contribution in [0.3, 0.4) is 0 Å². The van der Waals surface area contributed by atoms with Crippen LogP contribution >= 0.6 is 0 Å². The minimum atomic E-state index is -0.445.